The van der Waals surface area contributed by atoms with Gasteiger partial charge in [0.15, 0.2) is 15.4 Å². The number of hydrogen-bond acceptors (Lipinski definition) is 5. The average molecular weight is 372 g/mol. The minimum Gasteiger partial charge on any atom is -0.356 e. The van der Waals surface area contributed by atoms with Crippen molar-refractivity contribution in [3.05, 3.63) is 59.8 Å². The fourth-order valence-corrected chi connectivity index (χ4v) is 3.40. The van der Waals surface area contributed by atoms with Gasteiger partial charge in [0.25, 0.3) is 0 Å². The second-order valence-corrected chi connectivity index (χ2v) is 8.34. The zero-order valence-electron chi connectivity index (χ0n) is 14.8. The van der Waals surface area contributed by atoms with Crippen molar-refractivity contribution in [2.45, 2.75) is 24.3 Å². The Bertz CT molecular complexity index is 1040. The molecular weight excluding hydrogens is 352 g/mol. The number of benzene rings is 2. The van der Waals surface area contributed by atoms with Gasteiger partial charge in [-0.3, -0.25) is 4.79 Å². The normalized spacial score (nSPS) is 12.9. The lowest BCUT2D eigenvalue weighted by Gasteiger charge is -2.25. The number of rotatable bonds is 5. The topological polar surface area (TPSA) is 80.5 Å². The van der Waals surface area contributed by atoms with Crippen molar-refractivity contribution in [3.8, 4) is 0 Å². The second kappa shape index (κ2) is 6.92. The summed E-state index contributed by atoms with van der Waals surface area (Å²) in [5.74, 6) is -0.0938. The predicted octanol–water partition coefficient (Wildman–Crippen LogP) is 2.99. The Morgan fingerprint density at radius 2 is 1.81 bits per heavy atom. The molecule has 0 unspecified atom stereocenters. The van der Waals surface area contributed by atoms with Crippen molar-refractivity contribution in [1.29, 1.82) is 0 Å². The van der Waals surface area contributed by atoms with Crippen molar-refractivity contribution < 1.29 is 17.7 Å². The van der Waals surface area contributed by atoms with Gasteiger partial charge in [-0.15, -0.1) is 0 Å². The smallest absolute Gasteiger partial charge is 0.228 e. The standard InChI is InChI=1S/C19H20N2O4S/c1-13(14-8-10-15(11-9-14)26(3,23)24)21(2)19(22)12-17-16-6-4-5-7-18(16)25-20-17/h4-11,13H,12H2,1-3H3/t13-/m1/s1. The number of nitrogens with zero attached hydrogens (tertiary/aromatic N) is 2. The fourth-order valence-electron chi connectivity index (χ4n) is 2.77. The van der Waals surface area contributed by atoms with Gasteiger partial charge >= 0.3 is 0 Å². The number of likely N-dealkylation sites (N-methyl/N-ethyl adjacent to an activating group) is 1. The first-order chi connectivity index (χ1) is 12.3. The van der Waals surface area contributed by atoms with E-state index in [1.54, 1.807) is 36.2 Å². The first-order valence-corrected chi connectivity index (χ1v) is 10.1. The summed E-state index contributed by atoms with van der Waals surface area (Å²) >= 11 is 0. The maximum Gasteiger partial charge on any atom is 0.228 e. The van der Waals surface area contributed by atoms with Crippen LogP contribution < -0.4 is 0 Å². The monoisotopic (exact) mass is 372 g/mol. The molecule has 0 aliphatic heterocycles. The van der Waals surface area contributed by atoms with E-state index in [1.807, 2.05) is 31.2 Å². The third kappa shape index (κ3) is 3.62. The maximum absolute atomic E-state index is 12.6. The van der Waals surface area contributed by atoms with Crippen molar-refractivity contribution >= 4 is 26.7 Å². The van der Waals surface area contributed by atoms with Crippen LogP contribution in [-0.2, 0) is 21.1 Å². The van der Waals surface area contributed by atoms with E-state index in [1.165, 1.54) is 6.26 Å². The van der Waals surface area contributed by atoms with Crippen LogP contribution in [-0.4, -0.2) is 37.7 Å². The van der Waals surface area contributed by atoms with E-state index in [0.717, 1.165) is 10.9 Å². The number of carbonyl (C=O) groups is 1. The molecule has 3 aromatic rings. The summed E-state index contributed by atoms with van der Waals surface area (Å²) in [7, 11) is -1.51. The number of amides is 1. The predicted molar refractivity (Wildman–Crippen MR) is 98.4 cm³/mol. The summed E-state index contributed by atoms with van der Waals surface area (Å²) in [6.45, 7) is 1.90. The fraction of sp³-hybridized carbons (Fsp3) is 0.263. The number of carbonyl (C=O) groups excluding carboxylic acids is 1. The van der Waals surface area contributed by atoms with E-state index in [-0.39, 0.29) is 23.3 Å². The maximum atomic E-state index is 12.6. The Morgan fingerprint density at radius 1 is 1.15 bits per heavy atom. The van der Waals surface area contributed by atoms with Crippen molar-refractivity contribution in [2.75, 3.05) is 13.3 Å². The first kappa shape index (κ1) is 18.1. The Morgan fingerprint density at radius 3 is 2.46 bits per heavy atom. The van der Waals surface area contributed by atoms with Gasteiger partial charge in [0.2, 0.25) is 5.91 Å². The van der Waals surface area contributed by atoms with Gasteiger partial charge in [-0.25, -0.2) is 8.42 Å². The summed E-state index contributed by atoms with van der Waals surface area (Å²) in [6.07, 6.45) is 1.31. The average Bonchev–Trinajstić information content (AvgIpc) is 3.03. The number of para-hydroxylation sites is 1. The quantitative estimate of drug-likeness (QED) is 0.688. The number of hydrogen-bond donors (Lipinski definition) is 0. The molecule has 0 saturated carbocycles. The minimum absolute atomic E-state index is 0.0938. The van der Waals surface area contributed by atoms with Crippen LogP contribution in [0.3, 0.4) is 0 Å². The van der Waals surface area contributed by atoms with E-state index in [4.69, 9.17) is 4.52 Å². The largest absolute Gasteiger partial charge is 0.356 e. The van der Waals surface area contributed by atoms with Crippen LogP contribution in [0.2, 0.25) is 0 Å². The van der Waals surface area contributed by atoms with Crippen LogP contribution in [0.5, 0.6) is 0 Å². The molecule has 0 radical (unpaired) electrons. The molecule has 1 amide bonds. The zero-order valence-corrected chi connectivity index (χ0v) is 15.7. The molecule has 0 N–H and O–H groups in total. The van der Waals surface area contributed by atoms with Gasteiger partial charge in [-0.05, 0) is 36.8 Å². The molecule has 0 aliphatic rings. The molecule has 0 saturated heterocycles. The van der Waals surface area contributed by atoms with Gasteiger partial charge in [-0.1, -0.05) is 29.4 Å². The molecule has 1 atom stereocenters. The van der Waals surface area contributed by atoms with E-state index in [0.29, 0.717) is 11.3 Å². The lowest BCUT2D eigenvalue weighted by Crippen LogP contribution is -2.31. The molecule has 26 heavy (non-hydrogen) atoms. The third-order valence-electron chi connectivity index (χ3n) is 4.54. The Kier molecular flexibility index (Phi) is 4.82. The zero-order chi connectivity index (χ0) is 18.9. The van der Waals surface area contributed by atoms with Crippen LogP contribution in [0, 0.1) is 0 Å². The molecule has 136 valence electrons. The SMILES string of the molecule is C[C@H](c1ccc(S(C)(=O)=O)cc1)N(C)C(=O)Cc1noc2ccccc12. The molecule has 2 aromatic carbocycles. The lowest BCUT2D eigenvalue weighted by atomic mass is 10.1. The van der Waals surface area contributed by atoms with Crippen molar-refractivity contribution in [3.63, 3.8) is 0 Å². The van der Waals surface area contributed by atoms with Crippen LogP contribution >= 0.6 is 0 Å². The molecule has 1 aromatic heterocycles. The van der Waals surface area contributed by atoms with Crippen LogP contribution in [0.25, 0.3) is 11.0 Å². The van der Waals surface area contributed by atoms with Crippen LogP contribution in [0.1, 0.15) is 24.2 Å². The van der Waals surface area contributed by atoms with Crippen molar-refractivity contribution in [1.82, 2.24) is 10.1 Å². The molecule has 7 heteroatoms. The molecule has 0 aliphatic carbocycles. The Labute approximate surface area is 152 Å². The first-order valence-electron chi connectivity index (χ1n) is 8.16. The molecule has 1 heterocycles. The summed E-state index contributed by atoms with van der Waals surface area (Å²) in [6, 6.07) is 13.8. The van der Waals surface area contributed by atoms with E-state index >= 15 is 0 Å². The lowest BCUT2D eigenvalue weighted by molar-refractivity contribution is -0.131. The summed E-state index contributed by atoms with van der Waals surface area (Å²) in [5.41, 5.74) is 2.12. The summed E-state index contributed by atoms with van der Waals surface area (Å²) in [5, 5.41) is 4.83. The highest BCUT2D eigenvalue weighted by atomic mass is 32.2. The van der Waals surface area contributed by atoms with Gasteiger partial charge in [0.05, 0.1) is 17.4 Å². The highest BCUT2D eigenvalue weighted by molar-refractivity contribution is 7.90. The number of sulfone groups is 1. The highest BCUT2D eigenvalue weighted by Crippen LogP contribution is 2.23. The van der Waals surface area contributed by atoms with Crippen molar-refractivity contribution in [2.24, 2.45) is 0 Å². The van der Waals surface area contributed by atoms with E-state index < -0.39 is 9.84 Å². The van der Waals surface area contributed by atoms with E-state index in [2.05, 4.69) is 5.16 Å². The molecule has 3 rings (SSSR count). The molecule has 0 bridgehead atoms. The van der Waals surface area contributed by atoms with E-state index in [9.17, 15) is 13.2 Å². The number of fused-ring (bicyclic) bond motifs is 1. The molecule has 0 spiro atoms. The Hall–Kier alpha value is -2.67. The van der Waals surface area contributed by atoms with Crippen LogP contribution in [0.4, 0.5) is 0 Å². The van der Waals surface area contributed by atoms with Gasteiger partial charge in [0, 0.05) is 18.7 Å². The minimum atomic E-state index is -3.24. The van der Waals surface area contributed by atoms with Gasteiger partial charge in [0.1, 0.15) is 5.69 Å². The molecule has 6 nitrogen and oxygen atoms in total. The molecule has 0 fully saturated rings. The second-order valence-electron chi connectivity index (χ2n) is 6.32. The van der Waals surface area contributed by atoms with Gasteiger partial charge in [-0.2, -0.15) is 0 Å². The third-order valence-corrected chi connectivity index (χ3v) is 5.66. The number of aromatic nitrogens is 1. The summed E-state index contributed by atoms with van der Waals surface area (Å²) < 4.78 is 28.4. The summed E-state index contributed by atoms with van der Waals surface area (Å²) in [4.78, 5) is 14.5. The van der Waals surface area contributed by atoms with Gasteiger partial charge < -0.3 is 9.42 Å². The Balaban J connectivity index is 1.75. The molecular formula is C19H20N2O4S. The van der Waals surface area contributed by atoms with Crippen LogP contribution in [0.15, 0.2) is 57.9 Å². The highest BCUT2D eigenvalue weighted by Gasteiger charge is 2.20.